The van der Waals surface area contributed by atoms with Crippen molar-refractivity contribution in [1.29, 1.82) is 0 Å². The molecule has 2 N–H and O–H groups in total. The van der Waals surface area contributed by atoms with Crippen molar-refractivity contribution < 1.29 is 19.1 Å². The van der Waals surface area contributed by atoms with E-state index in [1.165, 1.54) is 0 Å². The number of nitrogens with one attached hydrogen (secondary N) is 2. The zero-order valence-electron chi connectivity index (χ0n) is 16.3. The van der Waals surface area contributed by atoms with Crippen LogP contribution in [0.2, 0.25) is 0 Å². The van der Waals surface area contributed by atoms with Crippen molar-refractivity contribution >= 4 is 28.8 Å². The molecule has 2 aliphatic heterocycles. The Morgan fingerprint density at radius 3 is 2.76 bits per heavy atom. The highest BCUT2D eigenvalue weighted by Crippen LogP contribution is 2.34. The van der Waals surface area contributed by atoms with Crippen LogP contribution in [0.15, 0.2) is 35.7 Å². The topological polar surface area (TPSA) is 79.9 Å². The van der Waals surface area contributed by atoms with Gasteiger partial charge in [0.25, 0.3) is 0 Å². The summed E-state index contributed by atoms with van der Waals surface area (Å²) in [5, 5.41) is 8.02. The SMILES string of the molecule is C[C@@H](NC(=O)CN1CCC(C(=O)Nc2ccc3c(c2)OCO3)CC1)c1cccs1. The molecule has 2 aromatic rings. The second kappa shape index (κ2) is 8.84. The maximum absolute atomic E-state index is 12.6. The standard InChI is InChI=1S/C21H25N3O4S/c1-14(19-3-2-10-29-19)22-20(25)12-24-8-6-15(7-9-24)21(26)23-16-4-5-17-18(11-16)28-13-27-17/h2-5,10-11,14-15H,6-9,12-13H2,1H3,(H,22,25)(H,23,26)/t14-/m1/s1. The molecular formula is C21H25N3O4S. The van der Waals surface area contributed by atoms with Gasteiger partial charge in [-0.25, -0.2) is 0 Å². The molecule has 2 amide bonds. The Hall–Kier alpha value is -2.58. The molecule has 0 bridgehead atoms. The van der Waals surface area contributed by atoms with Crippen LogP contribution in [0.25, 0.3) is 0 Å². The van der Waals surface area contributed by atoms with Crippen LogP contribution in [-0.2, 0) is 9.59 Å². The number of anilines is 1. The first kappa shape index (κ1) is 19.7. The molecule has 7 nitrogen and oxygen atoms in total. The molecule has 0 unspecified atom stereocenters. The first-order chi connectivity index (χ1) is 14.1. The molecular weight excluding hydrogens is 390 g/mol. The van der Waals surface area contributed by atoms with Gasteiger partial charge >= 0.3 is 0 Å². The highest BCUT2D eigenvalue weighted by molar-refractivity contribution is 7.10. The fourth-order valence-electron chi connectivity index (χ4n) is 3.67. The molecule has 0 radical (unpaired) electrons. The van der Waals surface area contributed by atoms with Gasteiger partial charge in [0.1, 0.15) is 0 Å². The number of carbonyl (C=O) groups excluding carboxylic acids is 2. The Bertz CT molecular complexity index is 863. The lowest BCUT2D eigenvalue weighted by Crippen LogP contribution is -2.43. The van der Waals surface area contributed by atoms with Crippen LogP contribution in [-0.4, -0.2) is 43.1 Å². The van der Waals surface area contributed by atoms with Gasteiger partial charge in [0.15, 0.2) is 11.5 Å². The van der Waals surface area contributed by atoms with Gasteiger partial charge in [-0.1, -0.05) is 6.07 Å². The van der Waals surface area contributed by atoms with E-state index >= 15 is 0 Å². The highest BCUT2D eigenvalue weighted by atomic mass is 32.1. The van der Waals surface area contributed by atoms with Gasteiger partial charge in [0.05, 0.1) is 12.6 Å². The van der Waals surface area contributed by atoms with Gasteiger partial charge in [0, 0.05) is 22.5 Å². The van der Waals surface area contributed by atoms with Crippen LogP contribution >= 0.6 is 11.3 Å². The minimum Gasteiger partial charge on any atom is -0.454 e. The van der Waals surface area contributed by atoms with Crippen LogP contribution < -0.4 is 20.1 Å². The second-order valence-electron chi connectivity index (χ2n) is 7.41. The summed E-state index contributed by atoms with van der Waals surface area (Å²) in [5.41, 5.74) is 0.712. The van der Waals surface area contributed by atoms with E-state index in [2.05, 4.69) is 15.5 Å². The normalized spacial score (nSPS) is 17.7. The first-order valence-electron chi connectivity index (χ1n) is 9.84. The summed E-state index contributed by atoms with van der Waals surface area (Å²) in [4.78, 5) is 28.2. The van der Waals surface area contributed by atoms with E-state index in [0.717, 1.165) is 30.8 Å². The molecule has 1 saturated heterocycles. The number of rotatable bonds is 6. The molecule has 4 rings (SSSR count). The van der Waals surface area contributed by atoms with Crippen molar-refractivity contribution in [2.45, 2.75) is 25.8 Å². The lowest BCUT2D eigenvalue weighted by Gasteiger charge is -2.31. The quantitative estimate of drug-likeness (QED) is 0.758. The maximum atomic E-state index is 12.6. The molecule has 0 spiro atoms. The Morgan fingerprint density at radius 1 is 1.21 bits per heavy atom. The van der Waals surface area contributed by atoms with Crippen LogP contribution in [0, 0.1) is 5.92 Å². The summed E-state index contributed by atoms with van der Waals surface area (Å²) in [7, 11) is 0. The predicted octanol–water partition coefficient (Wildman–Crippen LogP) is 3.00. The Morgan fingerprint density at radius 2 is 2.00 bits per heavy atom. The fourth-order valence-corrected chi connectivity index (χ4v) is 4.41. The number of amides is 2. The summed E-state index contributed by atoms with van der Waals surface area (Å²) >= 11 is 1.64. The number of nitrogens with zero attached hydrogens (tertiary/aromatic N) is 1. The minimum absolute atomic E-state index is 0.0132. The maximum Gasteiger partial charge on any atom is 0.234 e. The van der Waals surface area contributed by atoms with Crippen molar-refractivity contribution in [1.82, 2.24) is 10.2 Å². The summed E-state index contributed by atoms with van der Waals surface area (Å²) in [6.07, 6.45) is 1.48. The van der Waals surface area contributed by atoms with Crippen molar-refractivity contribution in [3.63, 3.8) is 0 Å². The van der Waals surface area contributed by atoms with Crippen LogP contribution in [0.1, 0.15) is 30.7 Å². The van der Waals surface area contributed by atoms with Gasteiger partial charge < -0.3 is 20.1 Å². The molecule has 0 aliphatic carbocycles. The number of benzene rings is 1. The summed E-state index contributed by atoms with van der Waals surface area (Å²) in [6.45, 7) is 4.05. The molecule has 8 heteroatoms. The van der Waals surface area contributed by atoms with Crippen molar-refractivity contribution in [3.8, 4) is 11.5 Å². The number of piperidine rings is 1. The average Bonchev–Trinajstić information content (AvgIpc) is 3.40. The number of fused-ring (bicyclic) bond motifs is 1. The molecule has 154 valence electrons. The number of ether oxygens (including phenoxy) is 2. The van der Waals surface area contributed by atoms with E-state index in [1.807, 2.05) is 30.5 Å². The number of thiophene rings is 1. The van der Waals surface area contributed by atoms with E-state index in [1.54, 1.807) is 23.5 Å². The van der Waals surface area contributed by atoms with E-state index in [0.29, 0.717) is 23.7 Å². The lowest BCUT2D eigenvalue weighted by atomic mass is 9.95. The fraction of sp³-hybridized carbons (Fsp3) is 0.429. The van der Waals surface area contributed by atoms with Crippen molar-refractivity contribution in [3.05, 3.63) is 40.6 Å². The Balaban J connectivity index is 1.21. The second-order valence-corrected chi connectivity index (χ2v) is 8.39. The lowest BCUT2D eigenvalue weighted by molar-refractivity contribution is -0.123. The molecule has 1 aromatic heterocycles. The molecule has 1 aromatic carbocycles. The summed E-state index contributed by atoms with van der Waals surface area (Å²) < 4.78 is 10.6. The summed E-state index contributed by atoms with van der Waals surface area (Å²) in [5.74, 6) is 1.33. The van der Waals surface area contributed by atoms with Gasteiger partial charge in [-0.3, -0.25) is 14.5 Å². The monoisotopic (exact) mass is 415 g/mol. The molecule has 3 heterocycles. The Kier molecular flexibility index (Phi) is 6.01. The van der Waals surface area contributed by atoms with Crippen LogP contribution in [0.4, 0.5) is 5.69 Å². The number of carbonyl (C=O) groups is 2. The largest absolute Gasteiger partial charge is 0.454 e. The van der Waals surface area contributed by atoms with Crippen LogP contribution in [0.3, 0.4) is 0 Å². The first-order valence-corrected chi connectivity index (χ1v) is 10.7. The van der Waals surface area contributed by atoms with Gasteiger partial charge in [-0.05, 0) is 56.4 Å². The third-order valence-corrected chi connectivity index (χ3v) is 6.37. The number of hydrogen-bond donors (Lipinski definition) is 2. The Labute approximate surface area is 174 Å². The van der Waals surface area contributed by atoms with Crippen molar-refractivity contribution in [2.24, 2.45) is 5.92 Å². The van der Waals surface area contributed by atoms with E-state index in [-0.39, 0.29) is 30.6 Å². The van der Waals surface area contributed by atoms with E-state index in [9.17, 15) is 9.59 Å². The van der Waals surface area contributed by atoms with E-state index in [4.69, 9.17) is 9.47 Å². The third kappa shape index (κ3) is 4.89. The molecule has 2 aliphatic rings. The van der Waals surface area contributed by atoms with Crippen LogP contribution in [0.5, 0.6) is 11.5 Å². The number of likely N-dealkylation sites (tertiary alicyclic amines) is 1. The van der Waals surface area contributed by atoms with Gasteiger partial charge in [0.2, 0.25) is 18.6 Å². The molecule has 0 saturated carbocycles. The van der Waals surface area contributed by atoms with Gasteiger partial charge in [-0.2, -0.15) is 0 Å². The van der Waals surface area contributed by atoms with Crippen molar-refractivity contribution in [2.75, 3.05) is 31.7 Å². The minimum atomic E-state index is -0.0511. The third-order valence-electron chi connectivity index (χ3n) is 5.31. The molecule has 29 heavy (non-hydrogen) atoms. The zero-order chi connectivity index (χ0) is 20.2. The average molecular weight is 416 g/mol. The molecule has 1 atom stereocenters. The van der Waals surface area contributed by atoms with Gasteiger partial charge in [-0.15, -0.1) is 11.3 Å². The van der Waals surface area contributed by atoms with E-state index < -0.39 is 0 Å². The zero-order valence-corrected chi connectivity index (χ0v) is 17.2. The smallest absolute Gasteiger partial charge is 0.234 e. The molecule has 1 fully saturated rings. The summed E-state index contributed by atoms with van der Waals surface area (Å²) in [6, 6.07) is 9.44. The predicted molar refractivity (Wildman–Crippen MR) is 111 cm³/mol. The highest BCUT2D eigenvalue weighted by Gasteiger charge is 2.26. The number of hydrogen-bond acceptors (Lipinski definition) is 6.